The van der Waals surface area contributed by atoms with Gasteiger partial charge in [-0.25, -0.2) is 4.98 Å². The lowest BCUT2D eigenvalue weighted by molar-refractivity contribution is 0.0972. The van der Waals surface area contributed by atoms with E-state index in [9.17, 15) is 4.79 Å². The van der Waals surface area contributed by atoms with Crippen LogP contribution in [0.1, 0.15) is 51.8 Å². The van der Waals surface area contributed by atoms with Gasteiger partial charge in [0.15, 0.2) is 5.78 Å². The number of rotatable bonds is 9. The van der Waals surface area contributed by atoms with Gasteiger partial charge in [-0.3, -0.25) is 4.79 Å². The van der Waals surface area contributed by atoms with Gasteiger partial charge in [0.1, 0.15) is 23.4 Å². The number of carbonyl (C=O) groups excluding carboxylic acids is 1. The van der Waals surface area contributed by atoms with Gasteiger partial charge in [-0.05, 0) is 48.2 Å². The number of ether oxygens (including phenoxy) is 2. The van der Waals surface area contributed by atoms with Crippen molar-refractivity contribution in [3.8, 4) is 11.5 Å². The summed E-state index contributed by atoms with van der Waals surface area (Å²) in [5.74, 6) is 3.45. The summed E-state index contributed by atoms with van der Waals surface area (Å²) in [6, 6.07) is 22.2. The Labute approximate surface area is 209 Å². The van der Waals surface area contributed by atoms with E-state index in [4.69, 9.17) is 9.47 Å². The first-order chi connectivity index (χ1) is 17.2. The number of methoxy groups -OCH3 is 1. The topological polar surface area (TPSA) is 64.2 Å². The molecular formula is C29H28N2O3S. The van der Waals surface area contributed by atoms with Gasteiger partial charge in [0, 0.05) is 47.0 Å². The van der Waals surface area contributed by atoms with E-state index in [1.807, 2.05) is 54.7 Å². The molecule has 0 saturated heterocycles. The average molecular weight is 485 g/mol. The number of hydrogen-bond acceptors (Lipinski definition) is 5. The maximum atomic E-state index is 12.7. The molecule has 0 aliphatic heterocycles. The van der Waals surface area contributed by atoms with Crippen LogP contribution in [0.4, 0.5) is 0 Å². The summed E-state index contributed by atoms with van der Waals surface area (Å²) in [5.41, 5.74) is 4.13. The first-order valence-corrected chi connectivity index (χ1v) is 12.8. The molecule has 1 aromatic heterocycles. The Morgan fingerprint density at radius 1 is 1.00 bits per heavy atom. The fourth-order valence-electron chi connectivity index (χ4n) is 4.57. The molecule has 1 unspecified atom stereocenters. The monoisotopic (exact) mass is 484 g/mol. The third kappa shape index (κ3) is 5.28. The minimum Gasteiger partial charge on any atom is -0.496 e. The van der Waals surface area contributed by atoms with Crippen molar-refractivity contribution < 1.29 is 14.3 Å². The number of thioether (sulfide) groups is 1. The molecule has 1 N–H and O–H groups in total. The van der Waals surface area contributed by atoms with Gasteiger partial charge in [-0.1, -0.05) is 42.5 Å². The maximum absolute atomic E-state index is 12.7. The number of nitrogens with one attached hydrogen (secondary N) is 1. The lowest BCUT2D eigenvalue weighted by Gasteiger charge is -2.25. The zero-order valence-corrected chi connectivity index (χ0v) is 20.5. The Hall–Kier alpha value is -3.51. The Morgan fingerprint density at radius 2 is 1.83 bits per heavy atom. The predicted molar refractivity (Wildman–Crippen MR) is 138 cm³/mol. The SMILES string of the molecule is COc1ccccc1SCc1c(OC(Cc2ncc[nH]2)c2ccccc2)ccc2c1CCCC2=O. The second kappa shape index (κ2) is 10.8. The minimum atomic E-state index is -0.213. The van der Waals surface area contributed by atoms with Crippen LogP contribution in [-0.4, -0.2) is 22.9 Å². The molecule has 1 heterocycles. The highest BCUT2D eigenvalue weighted by Gasteiger charge is 2.25. The molecule has 0 spiro atoms. The van der Waals surface area contributed by atoms with Crippen LogP contribution in [0.15, 0.2) is 84.0 Å². The van der Waals surface area contributed by atoms with Crippen LogP contribution in [0, 0.1) is 0 Å². The first kappa shape index (κ1) is 23.2. The molecule has 3 aromatic carbocycles. The summed E-state index contributed by atoms with van der Waals surface area (Å²) < 4.78 is 12.3. The zero-order chi connectivity index (χ0) is 24.0. The van der Waals surface area contributed by atoms with Crippen molar-refractivity contribution in [2.24, 2.45) is 0 Å². The maximum Gasteiger partial charge on any atom is 0.163 e. The van der Waals surface area contributed by atoms with Crippen molar-refractivity contribution in [3.63, 3.8) is 0 Å². The van der Waals surface area contributed by atoms with Crippen molar-refractivity contribution in [1.29, 1.82) is 0 Å². The number of para-hydroxylation sites is 1. The van der Waals surface area contributed by atoms with Crippen molar-refractivity contribution >= 4 is 17.5 Å². The van der Waals surface area contributed by atoms with E-state index in [0.29, 0.717) is 18.6 Å². The van der Waals surface area contributed by atoms with E-state index in [2.05, 4.69) is 28.2 Å². The molecule has 0 radical (unpaired) electrons. The van der Waals surface area contributed by atoms with Crippen molar-refractivity contribution in [2.75, 3.05) is 7.11 Å². The Kier molecular flexibility index (Phi) is 7.19. The van der Waals surface area contributed by atoms with Gasteiger partial charge in [0.2, 0.25) is 0 Å². The van der Waals surface area contributed by atoms with Crippen LogP contribution < -0.4 is 9.47 Å². The Morgan fingerprint density at radius 3 is 2.63 bits per heavy atom. The quantitative estimate of drug-likeness (QED) is 0.271. The number of Topliss-reactive ketones (excluding diaryl/α,β-unsaturated/α-hetero) is 1. The van der Waals surface area contributed by atoms with Crippen LogP contribution in [0.2, 0.25) is 0 Å². The summed E-state index contributed by atoms with van der Waals surface area (Å²) in [7, 11) is 1.69. The highest BCUT2D eigenvalue weighted by molar-refractivity contribution is 7.98. The smallest absolute Gasteiger partial charge is 0.163 e. The average Bonchev–Trinajstić information content (AvgIpc) is 3.41. The van der Waals surface area contributed by atoms with Crippen molar-refractivity contribution in [2.45, 2.75) is 42.4 Å². The van der Waals surface area contributed by atoms with Crippen molar-refractivity contribution in [1.82, 2.24) is 9.97 Å². The van der Waals surface area contributed by atoms with E-state index in [1.165, 1.54) is 0 Å². The molecule has 1 aliphatic rings. The number of hydrogen-bond donors (Lipinski definition) is 1. The molecule has 35 heavy (non-hydrogen) atoms. The molecular weight excluding hydrogens is 456 g/mol. The fourth-order valence-corrected chi connectivity index (χ4v) is 5.65. The number of aromatic nitrogens is 2. The third-order valence-electron chi connectivity index (χ3n) is 6.33. The van der Waals surface area contributed by atoms with Crippen LogP contribution >= 0.6 is 11.8 Å². The summed E-state index contributed by atoms with van der Waals surface area (Å²) in [5, 5.41) is 0. The summed E-state index contributed by atoms with van der Waals surface area (Å²) in [6.45, 7) is 0. The van der Waals surface area contributed by atoms with Crippen LogP contribution in [0.5, 0.6) is 11.5 Å². The van der Waals surface area contributed by atoms with Gasteiger partial charge < -0.3 is 14.5 Å². The Bertz CT molecular complexity index is 1290. The van der Waals surface area contributed by atoms with E-state index in [0.717, 1.165) is 57.3 Å². The summed E-state index contributed by atoms with van der Waals surface area (Å²) >= 11 is 1.71. The van der Waals surface area contributed by atoms with Crippen LogP contribution in [0.25, 0.3) is 0 Å². The van der Waals surface area contributed by atoms with Gasteiger partial charge >= 0.3 is 0 Å². The van der Waals surface area contributed by atoms with Crippen LogP contribution in [0.3, 0.4) is 0 Å². The zero-order valence-electron chi connectivity index (χ0n) is 19.7. The summed E-state index contributed by atoms with van der Waals surface area (Å²) in [4.78, 5) is 21.4. The number of imidazole rings is 1. The van der Waals surface area contributed by atoms with E-state index in [1.54, 1.807) is 25.1 Å². The molecule has 6 heteroatoms. The molecule has 0 saturated carbocycles. The second-order valence-corrected chi connectivity index (χ2v) is 9.56. The molecule has 5 nitrogen and oxygen atoms in total. The minimum absolute atomic E-state index is 0.213. The molecule has 1 atom stereocenters. The van der Waals surface area contributed by atoms with Crippen LogP contribution in [-0.2, 0) is 18.6 Å². The third-order valence-corrected chi connectivity index (χ3v) is 7.42. The highest BCUT2D eigenvalue weighted by Crippen LogP contribution is 2.39. The number of nitrogens with zero attached hydrogens (tertiary/aromatic N) is 1. The molecule has 0 fully saturated rings. The molecule has 1 aliphatic carbocycles. The number of fused-ring (bicyclic) bond motifs is 1. The van der Waals surface area contributed by atoms with E-state index < -0.39 is 0 Å². The van der Waals surface area contributed by atoms with E-state index in [-0.39, 0.29) is 11.9 Å². The number of benzene rings is 3. The lowest BCUT2D eigenvalue weighted by atomic mass is 9.87. The molecule has 0 amide bonds. The van der Waals surface area contributed by atoms with Crippen molar-refractivity contribution in [3.05, 3.63) is 107 Å². The first-order valence-electron chi connectivity index (χ1n) is 11.9. The standard InChI is InChI=1S/C29H28N2O3S/c1-33-26-12-5-6-13-28(26)35-19-23-21-10-7-11-24(32)22(21)14-15-25(23)34-27(18-29-30-16-17-31-29)20-8-3-2-4-9-20/h2-6,8-9,12-17,27H,7,10-11,18-19H2,1H3,(H,30,31). The number of H-pyrrole nitrogens is 1. The molecule has 0 bridgehead atoms. The fraction of sp³-hybridized carbons (Fsp3) is 0.241. The van der Waals surface area contributed by atoms with Gasteiger partial charge in [0.05, 0.1) is 7.11 Å². The lowest BCUT2D eigenvalue weighted by Crippen LogP contribution is -2.16. The van der Waals surface area contributed by atoms with Gasteiger partial charge in [-0.15, -0.1) is 11.8 Å². The predicted octanol–water partition coefficient (Wildman–Crippen LogP) is 6.59. The van der Waals surface area contributed by atoms with Gasteiger partial charge in [-0.2, -0.15) is 0 Å². The largest absolute Gasteiger partial charge is 0.496 e. The van der Waals surface area contributed by atoms with Gasteiger partial charge in [0.25, 0.3) is 0 Å². The molecule has 4 aromatic rings. The van der Waals surface area contributed by atoms with E-state index >= 15 is 0 Å². The Balaban J connectivity index is 1.51. The molecule has 5 rings (SSSR count). The molecule has 178 valence electrons. The number of aromatic amines is 1. The number of carbonyl (C=O) groups is 1. The normalized spacial score (nSPS) is 13.8. The summed E-state index contributed by atoms with van der Waals surface area (Å²) in [6.07, 6.45) is 6.36. The second-order valence-electron chi connectivity index (χ2n) is 8.54. The number of ketones is 1. The highest BCUT2D eigenvalue weighted by atomic mass is 32.2.